The number of pyridine rings is 1. The van der Waals surface area contributed by atoms with Gasteiger partial charge in [-0.25, -0.2) is 4.98 Å². The molecule has 30 heavy (non-hydrogen) atoms. The van der Waals surface area contributed by atoms with Crippen molar-refractivity contribution in [3.05, 3.63) is 82.6 Å². The molecule has 1 amide bonds. The van der Waals surface area contributed by atoms with Crippen molar-refractivity contribution in [2.75, 3.05) is 19.6 Å². The van der Waals surface area contributed by atoms with E-state index in [0.29, 0.717) is 17.5 Å². The number of likely N-dealkylation sites (tertiary alicyclic amines) is 1. The highest BCUT2D eigenvalue weighted by atomic mass is 32.1. The molecule has 3 atom stereocenters. The van der Waals surface area contributed by atoms with Gasteiger partial charge in [0.05, 0.1) is 6.04 Å². The van der Waals surface area contributed by atoms with Gasteiger partial charge in [0.25, 0.3) is 5.91 Å². The number of carbonyl (C=O) groups is 1. The van der Waals surface area contributed by atoms with Gasteiger partial charge in [0.2, 0.25) is 0 Å². The first-order chi connectivity index (χ1) is 14.7. The third-order valence-corrected chi connectivity index (χ3v) is 6.67. The van der Waals surface area contributed by atoms with E-state index < -0.39 is 0 Å². The quantitative estimate of drug-likeness (QED) is 0.610. The highest BCUT2D eigenvalue weighted by Gasteiger charge is 2.32. The summed E-state index contributed by atoms with van der Waals surface area (Å²) in [6.07, 6.45) is 5.69. The van der Waals surface area contributed by atoms with Crippen LogP contribution in [0, 0.1) is 5.92 Å². The van der Waals surface area contributed by atoms with Crippen LogP contribution in [0.4, 0.5) is 0 Å². The minimum Gasteiger partial charge on any atom is -0.341 e. The van der Waals surface area contributed by atoms with Crippen LogP contribution in [-0.4, -0.2) is 40.4 Å². The molecule has 6 heteroatoms. The van der Waals surface area contributed by atoms with Crippen molar-refractivity contribution in [2.45, 2.75) is 31.7 Å². The number of thiazole rings is 1. The zero-order chi connectivity index (χ0) is 20.8. The van der Waals surface area contributed by atoms with Gasteiger partial charge in [-0.3, -0.25) is 9.78 Å². The Balaban J connectivity index is 1.46. The maximum absolute atomic E-state index is 12.8. The van der Waals surface area contributed by atoms with Crippen LogP contribution in [0.1, 0.15) is 52.8 Å². The lowest BCUT2D eigenvalue weighted by Crippen LogP contribution is -2.44. The van der Waals surface area contributed by atoms with E-state index in [2.05, 4.69) is 57.4 Å². The molecule has 0 aliphatic carbocycles. The van der Waals surface area contributed by atoms with Gasteiger partial charge in [-0.15, -0.1) is 11.3 Å². The van der Waals surface area contributed by atoms with Crippen molar-refractivity contribution in [2.24, 2.45) is 5.92 Å². The third-order valence-electron chi connectivity index (χ3n) is 5.82. The fourth-order valence-corrected chi connectivity index (χ4v) is 5.07. The summed E-state index contributed by atoms with van der Waals surface area (Å²) in [6, 6.07) is 16.0. The van der Waals surface area contributed by atoms with Gasteiger partial charge in [-0.05, 0) is 48.9 Å². The standard InChI is InChI=1S/C24H28N4OS/c1-18(19-8-3-2-4-9-19)16-28-14-7-10-20(17-28)22(24-26-13-15-30-24)27-23(29)21-11-5-6-12-25-21/h2-6,8-9,11-13,15,18,20,22H,7,10,14,16-17H2,1H3,(H,27,29)/t18-,20+,22+/m1/s1. The van der Waals surface area contributed by atoms with Crippen molar-refractivity contribution >= 4 is 17.2 Å². The molecule has 1 aromatic carbocycles. The maximum Gasteiger partial charge on any atom is 0.270 e. The van der Waals surface area contributed by atoms with Crippen LogP contribution in [0.15, 0.2) is 66.3 Å². The molecule has 3 heterocycles. The van der Waals surface area contributed by atoms with Crippen molar-refractivity contribution in [3.8, 4) is 0 Å². The zero-order valence-electron chi connectivity index (χ0n) is 17.3. The van der Waals surface area contributed by atoms with E-state index in [9.17, 15) is 4.79 Å². The zero-order valence-corrected chi connectivity index (χ0v) is 18.1. The molecule has 1 saturated heterocycles. The first-order valence-electron chi connectivity index (χ1n) is 10.6. The predicted octanol–water partition coefficient (Wildman–Crippen LogP) is 4.52. The first kappa shape index (κ1) is 20.7. The number of hydrogen-bond donors (Lipinski definition) is 1. The fraction of sp³-hybridized carbons (Fsp3) is 0.375. The molecule has 0 saturated carbocycles. The normalized spacial score (nSPS) is 19.2. The molecule has 4 rings (SSSR count). The summed E-state index contributed by atoms with van der Waals surface area (Å²) in [5.41, 5.74) is 1.82. The van der Waals surface area contributed by atoms with Crippen LogP contribution < -0.4 is 5.32 Å². The SMILES string of the molecule is C[C@H](CN1CCC[C@H]([C@H](NC(=O)c2ccccn2)c2nccs2)C1)c1ccccc1. The average molecular weight is 421 g/mol. The summed E-state index contributed by atoms with van der Waals surface area (Å²) in [7, 11) is 0. The van der Waals surface area contributed by atoms with Gasteiger partial charge in [0.15, 0.2) is 0 Å². The Morgan fingerprint density at radius 3 is 2.73 bits per heavy atom. The minimum absolute atomic E-state index is 0.0886. The molecule has 1 fully saturated rings. The first-order valence-corrected chi connectivity index (χ1v) is 11.5. The molecule has 1 aliphatic rings. The van der Waals surface area contributed by atoms with Crippen LogP contribution >= 0.6 is 11.3 Å². The summed E-state index contributed by atoms with van der Waals surface area (Å²) in [4.78, 5) is 24.1. The lowest BCUT2D eigenvalue weighted by atomic mass is 9.89. The highest BCUT2D eigenvalue weighted by molar-refractivity contribution is 7.09. The monoisotopic (exact) mass is 420 g/mol. The third kappa shape index (κ3) is 5.12. The van der Waals surface area contributed by atoms with Gasteiger partial charge in [0, 0.05) is 30.9 Å². The van der Waals surface area contributed by atoms with Crippen molar-refractivity contribution in [3.63, 3.8) is 0 Å². The van der Waals surface area contributed by atoms with Crippen LogP contribution in [0.25, 0.3) is 0 Å². The van der Waals surface area contributed by atoms with Gasteiger partial charge in [0.1, 0.15) is 10.7 Å². The molecule has 0 unspecified atom stereocenters. The molecule has 3 aromatic rings. The predicted molar refractivity (Wildman–Crippen MR) is 121 cm³/mol. The molecule has 156 valence electrons. The largest absolute Gasteiger partial charge is 0.341 e. The Hall–Kier alpha value is -2.57. The molecule has 0 bridgehead atoms. The van der Waals surface area contributed by atoms with E-state index in [4.69, 9.17) is 0 Å². The van der Waals surface area contributed by atoms with Crippen LogP contribution in [0.3, 0.4) is 0 Å². The second-order valence-electron chi connectivity index (χ2n) is 8.01. The summed E-state index contributed by atoms with van der Waals surface area (Å²) in [5.74, 6) is 0.678. The Morgan fingerprint density at radius 2 is 2.00 bits per heavy atom. The molecule has 2 aromatic heterocycles. The number of benzene rings is 1. The number of nitrogens with one attached hydrogen (secondary N) is 1. The van der Waals surface area contributed by atoms with E-state index >= 15 is 0 Å². The Labute approximate surface area is 182 Å². The average Bonchev–Trinajstić information content (AvgIpc) is 3.33. The number of rotatable bonds is 7. The lowest BCUT2D eigenvalue weighted by molar-refractivity contribution is 0.0874. The second-order valence-corrected chi connectivity index (χ2v) is 8.94. The van der Waals surface area contributed by atoms with E-state index in [1.165, 1.54) is 5.56 Å². The Bertz CT molecular complexity index is 917. The second kappa shape index (κ2) is 9.96. The Kier molecular flexibility index (Phi) is 6.87. The van der Waals surface area contributed by atoms with E-state index in [0.717, 1.165) is 37.5 Å². The smallest absolute Gasteiger partial charge is 0.270 e. The molecular formula is C24H28N4OS. The number of hydrogen-bond acceptors (Lipinski definition) is 5. The molecular weight excluding hydrogens is 392 g/mol. The summed E-state index contributed by atoms with van der Waals surface area (Å²) in [6.45, 7) is 5.38. The molecule has 0 spiro atoms. The number of carbonyl (C=O) groups excluding carboxylic acids is 1. The maximum atomic E-state index is 12.8. The summed E-state index contributed by atoms with van der Waals surface area (Å²) >= 11 is 1.61. The van der Waals surface area contributed by atoms with Gasteiger partial charge < -0.3 is 10.2 Å². The van der Waals surface area contributed by atoms with Crippen molar-refractivity contribution in [1.82, 2.24) is 20.2 Å². The fourth-order valence-electron chi connectivity index (χ4n) is 4.29. The lowest BCUT2D eigenvalue weighted by Gasteiger charge is -2.37. The number of amides is 1. The highest BCUT2D eigenvalue weighted by Crippen LogP contribution is 2.32. The molecule has 1 aliphatic heterocycles. The number of aromatic nitrogens is 2. The van der Waals surface area contributed by atoms with E-state index in [1.807, 2.05) is 23.7 Å². The van der Waals surface area contributed by atoms with Gasteiger partial charge in [-0.2, -0.15) is 0 Å². The van der Waals surface area contributed by atoms with Crippen molar-refractivity contribution in [1.29, 1.82) is 0 Å². The summed E-state index contributed by atoms with van der Waals surface area (Å²) < 4.78 is 0. The van der Waals surface area contributed by atoms with Crippen LogP contribution in [0.5, 0.6) is 0 Å². The molecule has 0 radical (unpaired) electrons. The number of nitrogens with zero attached hydrogens (tertiary/aromatic N) is 3. The molecule has 1 N–H and O–H groups in total. The minimum atomic E-state index is -0.134. The van der Waals surface area contributed by atoms with Crippen molar-refractivity contribution < 1.29 is 4.79 Å². The number of piperidine rings is 1. The molecule has 5 nitrogen and oxygen atoms in total. The van der Waals surface area contributed by atoms with E-state index in [1.54, 1.807) is 23.6 Å². The van der Waals surface area contributed by atoms with Gasteiger partial charge >= 0.3 is 0 Å². The summed E-state index contributed by atoms with van der Waals surface area (Å²) in [5, 5.41) is 6.18. The van der Waals surface area contributed by atoms with Crippen LogP contribution in [0.2, 0.25) is 0 Å². The topological polar surface area (TPSA) is 58.1 Å². The van der Waals surface area contributed by atoms with E-state index in [-0.39, 0.29) is 11.9 Å². The Morgan fingerprint density at radius 1 is 1.17 bits per heavy atom. The van der Waals surface area contributed by atoms with Crippen LogP contribution in [-0.2, 0) is 0 Å². The van der Waals surface area contributed by atoms with Gasteiger partial charge in [-0.1, -0.05) is 43.3 Å².